The van der Waals surface area contributed by atoms with Crippen LogP contribution in [0.2, 0.25) is 0 Å². The fraction of sp³-hybridized carbons (Fsp3) is 0.542. The fourth-order valence-electron chi connectivity index (χ4n) is 5.17. The first-order chi connectivity index (χ1) is 13.7. The average Bonchev–Trinajstić information content (AvgIpc) is 3.16. The maximum absolute atomic E-state index is 6.35. The van der Waals surface area contributed by atoms with Gasteiger partial charge in [0.25, 0.3) is 0 Å². The van der Waals surface area contributed by atoms with E-state index >= 15 is 0 Å². The standard InChI is InChI=1S/C24H31BrN2O/c25-21-7-5-6-20(18-21)9-15-26-16-12-23(22-8-1-4-14-27-22)13-17-28-24(19-23)10-2-3-11-24/h1,4-8,14,18,26H,2-3,9-13,15-17,19H2/t23-/m1/s1. The Morgan fingerprint density at radius 1 is 1.04 bits per heavy atom. The van der Waals surface area contributed by atoms with E-state index in [0.29, 0.717) is 0 Å². The van der Waals surface area contributed by atoms with Crippen molar-refractivity contribution in [1.82, 2.24) is 10.3 Å². The summed E-state index contributed by atoms with van der Waals surface area (Å²) < 4.78 is 7.50. The zero-order valence-electron chi connectivity index (χ0n) is 16.6. The SMILES string of the molecule is Brc1cccc(CCNCC[C@@]2(c3ccccn3)CCOC3(CCCC3)C2)c1. The zero-order chi connectivity index (χ0) is 19.3. The van der Waals surface area contributed by atoms with Crippen LogP contribution in [0.1, 0.15) is 56.2 Å². The highest BCUT2D eigenvalue weighted by atomic mass is 79.9. The first-order valence-electron chi connectivity index (χ1n) is 10.7. The number of nitrogens with one attached hydrogen (secondary N) is 1. The van der Waals surface area contributed by atoms with Gasteiger partial charge in [0.15, 0.2) is 0 Å². The number of nitrogens with zero attached hydrogens (tertiary/aromatic N) is 1. The molecule has 2 aromatic rings. The second-order valence-electron chi connectivity index (χ2n) is 8.54. The van der Waals surface area contributed by atoms with Gasteiger partial charge in [-0.15, -0.1) is 0 Å². The molecule has 1 saturated carbocycles. The highest BCUT2D eigenvalue weighted by Crippen LogP contribution is 2.49. The third-order valence-electron chi connectivity index (χ3n) is 6.63. The summed E-state index contributed by atoms with van der Waals surface area (Å²) >= 11 is 3.56. The molecular formula is C24H31BrN2O. The summed E-state index contributed by atoms with van der Waals surface area (Å²) in [5, 5.41) is 3.69. The monoisotopic (exact) mass is 442 g/mol. The summed E-state index contributed by atoms with van der Waals surface area (Å²) in [5.74, 6) is 0. The summed E-state index contributed by atoms with van der Waals surface area (Å²) in [6.45, 7) is 2.91. The molecule has 2 heterocycles. The van der Waals surface area contributed by atoms with Gasteiger partial charge in [0.1, 0.15) is 0 Å². The molecule has 2 aliphatic rings. The van der Waals surface area contributed by atoms with Crippen LogP contribution >= 0.6 is 15.9 Å². The van der Waals surface area contributed by atoms with Crippen molar-refractivity contribution in [2.75, 3.05) is 19.7 Å². The molecule has 0 amide bonds. The second kappa shape index (κ2) is 9.06. The van der Waals surface area contributed by atoms with Gasteiger partial charge in [0.2, 0.25) is 0 Å². The van der Waals surface area contributed by atoms with E-state index in [1.54, 1.807) is 0 Å². The van der Waals surface area contributed by atoms with Crippen LogP contribution in [0.25, 0.3) is 0 Å². The van der Waals surface area contributed by atoms with Crippen molar-refractivity contribution >= 4 is 15.9 Å². The Kier molecular flexibility index (Phi) is 6.49. The average molecular weight is 443 g/mol. The van der Waals surface area contributed by atoms with Crippen molar-refractivity contribution in [1.29, 1.82) is 0 Å². The molecule has 0 unspecified atom stereocenters. The van der Waals surface area contributed by atoms with E-state index < -0.39 is 0 Å². The molecule has 4 heteroatoms. The van der Waals surface area contributed by atoms with E-state index in [2.05, 4.69) is 57.6 Å². The van der Waals surface area contributed by atoms with E-state index in [-0.39, 0.29) is 11.0 Å². The molecule has 150 valence electrons. The lowest BCUT2D eigenvalue weighted by atomic mass is 9.68. The summed E-state index contributed by atoms with van der Waals surface area (Å²) in [7, 11) is 0. The fourth-order valence-corrected chi connectivity index (χ4v) is 5.62. The molecule has 1 aromatic carbocycles. The minimum Gasteiger partial charge on any atom is -0.375 e. The number of hydrogen-bond acceptors (Lipinski definition) is 3. The van der Waals surface area contributed by atoms with Crippen molar-refractivity contribution in [3.05, 3.63) is 64.4 Å². The molecule has 1 saturated heterocycles. The Labute approximate surface area is 177 Å². The number of ether oxygens (including phenoxy) is 1. The summed E-state index contributed by atoms with van der Waals surface area (Å²) in [6.07, 6.45) is 11.4. The molecule has 3 nitrogen and oxygen atoms in total. The van der Waals surface area contributed by atoms with Crippen LogP contribution in [-0.4, -0.2) is 30.3 Å². The quantitative estimate of drug-likeness (QED) is 0.580. The Morgan fingerprint density at radius 2 is 1.93 bits per heavy atom. The second-order valence-corrected chi connectivity index (χ2v) is 9.46. The molecule has 1 aliphatic carbocycles. The van der Waals surface area contributed by atoms with Crippen molar-refractivity contribution in [2.45, 2.75) is 62.4 Å². The molecule has 0 radical (unpaired) electrons. The number of halogens is 1. The Morgan fingerprint density at radius 3 is 2.71 bits per heavy atom. The minimum atomic E-state index is 0.103. The number of aromatic nitrogens is 1. The normalized spacial score (nSPS) is 23.9. The summed E-state index contributed by atoms with van der Waals surface area (Å²) in [4.78, 5) is 4.80. The number of rotatable bonds is 7. The topological polar surface area (TPSA) is 34.2 Å². The van der Waals surface area contributed by atoms with Gasteiger partial charge in [-0.2, -0.15) is 0 Å². The molecule has 0 bridgehead atoms. The van der Waals surface area contributed by atoms with Crippen molar-refractivity contribution in [3.8, 4) is 0 Å². The highest BCUT2D eigenvalue weighted by Gasteiger charge is 2.48. The van der Waals surface area contributed by atoms with Crippen LogP contribution in [-0.2, 0) is 16.6 Å². The van der Waals surface area contributed by atoms with Crippen LogP contribution in [0.15, 0.2) is 53.1 Å². The first kappa shape index (κ1) is 20.1. The van der Waals surface area contributed by atoms with Crippen LogP contribution in [0.5, 0.6) is 0 Å². The van der Waals surface area contributed by atoms with Crippen molar-refractivity contribution in [2.24, 2.45) is 0 Å². The van der Waals surface area contributed by atoms with Gasteiger partial charge in [-0.3, -0.25) is 4.98 Å². The van der Waals surface area contributed by atoms with E-state index in [1.807, 2.05) is 12.3 Å². The molecule has 1 aromatic heterocycles. The van der Waals surface area contributed by atoms with Crippen LogP contribution in [0.3, 0.4) is 0 Å². The van der Waals surface area contributed by atoms with Gasteiger partial charge >= 0.3 is 0 Å². The van der Waals surface area contributed by atoms with Crippen LogP contribution in [0.4, 0.5) is 0 Å². The molecular weight excluding hydrogens is 412 g/mol. The van der Waals surface area contributed by atoms with E-state index in [0.717, 1.165) is 49.9 Å². The van der Waals surface area contributed by atoms with E-state index in [9.17, 15) is 0 Å². The maximum Gasteiger partial charge on any atom is 0.0691 e. The van der Waals surface area contributed by atoms with Crippen molar-refractivity contribution in [3.63, 3.8) is 0 Å². The highest BCUT2D eigenvalue weighted by molar-refractivity contribution is 9.10. The lowest BCUT2D eigenvalue weighted by Crippen LogP contribution is -2.47. The molecule has 1 aliphatic heterocycles. The predicted molar refractivity (Wildman–Crippen MR) is 118 cm³/mol. The first-order valence-corrected chi connectivity index (χ1v) is 11.5. The largest absolute Gasteiger partial charge is 0.375 e. The number of benzene rings is 1. The molecule has 2 fully saturated rings. The molecule has 28 heavy (non-hydrogen) atoms. The summed E-state index contributed by atoms with van der Waals surface area (Å²) in [6, 6.07) is 15.0. The molecule has 1 atom stereocenters. The van der Waals surface area contributed by atoms with Gasteiger partial charge < -0.3 is 10.1 Å². The van der Waals surface area contributed by atoms with Crippen LogP contribution in [0, 0.1) is 0 Å². The summed E-state index contributed by atoms with van der Waals surface area (Å²) in [5.41, 5.74) is 2.88. The van der Waals surface area contributed by atoms with Gasteiger partial charge in [0, 0.05) is 28.4 Å². The zero-order valence-corrected chi connectivity index (χ0v) is 18.2. The predicted octanol–water partition coefficient (Wildman–Crippen LogP) is 5.43. The van der Waals surface area contributed by atoms with E-state index in [1.165, 1.54) is 36.9 Å². The maximum atomic E-state index is 6.35. The van der Waals surface area contributed by atoms with Gasteiger partial charge in [-0.1, -0.05) is 47.0 Å². The molecule has 1 spiro atoms. The Bertz CT molecular complexity index is 760. The van der Waals surface area contributed by atoms with E-state index in [4.69, 9.17) is 9.72 Å². The number of hydrogen-bond donors (Lipinski definition) is 1. The minimum absolute atomic E-state index is 0.103. The van der Waals surface area contributed by atoms with Gasteiger partial charge in [-0.25, -0.2) is 0 Å². The molecule has 1 N–H and O–H groups in total. The third kappa shape index (κ3) is 4.67. The van der Waals surface area contributed by atoms with Crippen molar-refractivity contribution < 1.29 is 4.74 Å². The Balaban J connectivity index is 1.39. The Hall–Kier alpha value is -1.23. The lowest BCUT2D eigenvalue weighted by molar-refractivity contribution is -0.104. The van der Waals surface area contributed by atoms with Gasteiger partial charge in [-0.05, 0) is 81.4 Å². The smallest absolute Gasteiger partial charge is 0.0691 e. The third-order valence-corrected chi connectivity index (χ3v) is 7.13. The lowest BCUT2D eigenvalue weighted by Gasteiger charge is -2.46. The van der Waals surface area contributed by atoms with Gasteiger partial charge in [0.05, 0.1) is 5.60 Å². The number of pyridine rings is 1. The van der Waals surface area contributed by atoms with Crippen LogP contribution < -0.4 is 5.32 Å². The molecule has 4 rings (SSSR count).